The first-order chi connectivity index (χ1) is 9.76. The first kappa shape index (κ1) is 15.1. The highest BCUT2D eigenvalue weighted by atomic mass is 14.9. The molecule has 0 spiro atoms. The molecule has 2 aromatic rings. The summed E-state index contributed by atoms with van der Waals surface area (Å²) in [4.78, 5) is 0. The number of fused-ring (bicyclic) bond motifs is 1. The summed E-state index contributed by atoms with van der Waals surface area (Å²) in [5, 5.41) is 6.54. The number of benzene rings is 2. The van der Waals surface area contributed by atoms with Gasteiger partial charge >= 0.3 is 0 Å². The van der Waals surface area contributed by atoms with Gasteiger partial charge in [-0.05, 0) is 36.1 Å². The highest BCUT2D eigenvalue weighted by molar-refractivity contribution is 5.86. The van der Waals surface area contributed by atoms with Gasteiger partial charge in [-0.1, -0.05) is 69.2 Å². The van der Waals surface area contributed by atoms with E-state index in [1.54, 1.807) is 0 Å². The van der Waals surface area contributed by atoms with E-state index in [-0.39, 0.29) is 0 Å². The average Bonchev–Trinajstić information content (AvgIpc) is 2.47. The van der Waals surface area contributed by atoms with Crippen LogP contribution in [0.15, 0.2) is 42.5 Å². The minimum atomic E-state index is 0.407. The van der Waals surface area contributed by atoms with Crippen molar-refractivity contribution in [2.24, 2.45) is 0 Å². The third-order valence-corrected chi connectivity index (χ3v) is 4.05. The van der Waals surface area contributed by atoms with Crippen LogP contribution < -0.4 is 5.32 Å². The van der Waals surface area contributed by atoms with E-state index >= 15 is 0 Å². The van der Waals surface area contributed by atoms with Gasteiger partial charge in [0.25, 0.3) is 0 Å². The Morgan fingerprint density at radius 2 is 1.55 bits per heavy atom. The molecule has 108 valence electrons. The molecule has 2 rings (SSSR count). The molecule has 1 heteroatoms. The van der Waals surface area contributed by atoms with Gasteiger partial charge in [0.1, 0.15) is 0 Å². The largest absolute Gasteiger partial charge is 0.307 e. The van der Waals surface area contributed by atoms with Crippen LogP contribution in [0.4, 0.5) is 0 Å². The zero-order valence-corrected chi connectivity index (χ0v) is 13.0. The topological polar surface area (TPSA) is 12.0 Å². The van der Waals surface area contributed by atoms with E-state index in [0.29, 0.717) is 12.1 Å². The molecule has 20 heavy (non-hydrogen) atoms. The van der Waals surface area contributed by atoms with Gasteiger partial charge in [0.2, 0.25) is 0 Å². The maximum atomic E-state index is 3.83. The van der Waals surface area contributed by atoms with E-state index < -0.39 is 0 Å². The third kappa shape index (κ3) is 3.61. The highest BCUT2D eigenvalue weighted by Crippen LogP contribution is 2.25. The Kier molecular flexibility index (Phi) is 5.60. The summed E-state index contributed by atoms with van der Waals surface area (Å²) in [6.07, 6.45) is 5.03. The standard InChI is InChI=1S/C19H27N/c1-4-9-17(10-5-2)20-15(3)18-14-8-12-16-11-6-7-13-19(16)18/h6-8,11-15,17,20H,4-5,9-10H2,1-3H3. The van der Waals surface area contributed by atoms with Crippen molar-refractivity contribution in [2.75, 3.05) is 0 Å². The molecule has 1 N–H and O–H groups in total. The second-order valence-corrected chi connectivity index (χ2v) is 5.73. The van der Waals surface area contributed by atoms with Crippen LogP contribution in [0.1, 0.15) is 58.1 Å². The fourth-order valence-corrected chi connectivity index (χ4v) is 3.08. The van der Waals surface area contributed by atoms with E-state index in [4.69, 9.17) is 0 Å². The van der Waals surface area contributed by atoms with Crippen LogP contribution in [-0.4, -0.2) is 6.04 Å². The number of nitrogens with one attached hydrogen (secondary N) is 1. The minimum absolute atomic E-state index is 0.407. The molecule has 1 unspecified atom stereocenters. The zero-order valence-electron chi connectivity index (χ0n) is 13.0. The number of hydrogen-bond donors (Lipinski definition) is 1. The monoisotopic (exact) mass is 269 g/mol. The molecule has 0 saturated heterocycles. The smallest absolute Gasteiger partial charge is 0.0300 e. The normalized spacial score (nSPS) is 13.0. The molecule has 0 fully saturated rings. The maximum absolute atomic E-state index is 3.83. The van der Waals surface area contributed by atoms with E-state index in [2.05, 4.69) is 68.6 Å². The summed E-state index contributed by atoms with van der Waals surface area (Å²) >= 11 is 0. The number of rotatable bonds is 7. The van der Waals surface area contributed by atoms with Gasteiger partial charge in [-0.3, -0.25) is 0 Å². The molecule has 1 nitrogen and oxygen atoms in total. The molecule has 0 aromatic heterocycles. The lowest BCUT2D eigenvalue weighted by Crippen LogP contribution is -2.31. The molecule has 1 atom stereocenters. The third-order valence-electron chi connectivity index (χ3n) is 4.05. The van der Waals surface area contributed by atoms with Crippen LogP contribution >= 0.6 is 0 Å². The summed E-state index contributed by atoms with van der Waals surface area (Å²) in [6.45, 7) is 6.83. The molecule has 0 aliphatic heterocycles. The van der Waals surface area contributed by atoms with Crippen LogP contribution in [0.3, 0.4) is 0 Å². The lowest BCUT2D eigenvalue weighted by molar-refractivity contribution is 0.403. The molecule has 0 aliphatic rings. The maximum Gasteiger partial charge on any atom is 0.0300 e. The molecule has 0 heterocycles. The Morgan fingerprint density at radius 1 is 0.900 bits per heavy atom. The van der Waals surface area contributed by atoms with E-state index in [0.717, 1.165) is 0 Å². The van der Waals surface area contributed by atoms with Crippen molar-refractivity contribution in [2.45, 2.75) is 58.5 Å². The van der Waals surface area contributed by atoms with Gasteiger partial charge in [-0.15, -0.1) is 0 Å². The van der Waals surface area contributed by atoms with E-state index in [9.17, 15) is 0 Å². The summed E-state index contributed by atoms with van der Waals surface area (Å²) < 4.78 is 0. The Labute approximate surface area is 123 Å². The van der Waals surface area contributed by atoms with Crippen molar-refractivity contribution in [1.29, 1.82) is 0 Å². The molecular weight excluding hydrogens is 242 g/mol. The lowest BCUT2D eigenvalue weighted by Gasteiger charge is -2.24. The first-order valence-corrected chi connectivity index (χ1v) is 8.00. The Hall–Kier alpha value is -1.34. The van der Waals surface area contributed by atoms with Crippen molar-refractivity contribution in [3.05, 3.63) is 48.0 Å². The highest BCUT2D eigenvalue weighted by Gasteiger charge is 2.13. The Bertz CT molecular complexity index is 521. The predicted molar refractivity (Wildman–Crippen MR) is 89.1 cm³/mol. The van der Waals surface area contributed by atoms with Gasteiger partial charge in [0.05, 0.1) is 0 Å². The molecule has 0 bridgehead atoms. The minimum Gasteiger partial charge on any atom is -0.307 e. The lowest BCUT2D eigenvalue weighted by atomic mass is 9.98. The summed E-state index contributed by atoms with van der Waals surface area (Å²) in [7, 11) is 0. The quantitative estimate of drug-likeness (QED) is 0.704. The molecule has 0 radical (unpaired) electrons. The van der Waals surface area contributed by atoms with Crippen molar-refractivity contribution >= 4 is 10.8 Å². The van der Waals surface area contributed by atoms with E-state index in [1.807, 2.05) is 0 Å². The zero-order chi connectivity index (χ0) is 14.4. The first-order valence-electron chi connectivity index (χ1n) is 8.00. The van der Waals surface area contributed by atoms with Gasteiger partial charge in [0, 0.05) is 12.1 Å². The number of hydrogen-bond acceptors (Lipinski definition) is 1. The molecule has 0 amide bonds. The van der Waals surface area contributed by atoms with Crippen molar-refractivity contribution < 1.29 is 0 Å². The molecule has 2 aromatic carbocycles. The van der Waals surface area contributed by atoms with Crippen molar-refractivity contribution in [3.8, 4) is 0 Å². The van der Waals surface area contributed by atoms with Gasteiger partial charge in [-0.2, -0.15) is 0 Å². The summed E-state index contributed by atoms with van der Waals surface area (Å²) in [6, 6.07) is 16.3. The Balaban J connectivity index is 2.20. The fraction of sp³-hybridized carbons (Fsp3) is 0.474. The molecular formula is C19H27N. The van der Waals surface area contributed by atoms with Crippen LogP contribution in [0.2, 0.25) is 0 Å². The average molecular weight is 269 g/mol. The second-order valence-electron chi connectivity index (χ2n) is 5.73. The second kappa shape index (κ2) is 7.44. The van der Waals surface area contributed by atoms with E-state index in [1.165, 1.54) is 42.0 Å². The predicted octanol–water partition coefficient (Wildman–Crippen LogP) is 5.46. The van der Waals surface area contributed by atoms with Crippen molar-refractivity contribution in [3.63, 3.8) is 0 Å². The molecule has 0 aliphatic carbocycles. The van der Waals surface area contributed by atoms with Crippen LogP contribution in [-0.2, 0) is 0 Å². The van der Waals surface area contributed by atoms with Gasteiger partial charge < -0.3 is 5.32 Å². The van der Waals surface area contributed by atoms with Gasteiger partial charge in [-0.25, -0.2) is 0 Å². The molecule has 0 saturated carbocycles. The van der Waals surface area contributed by atoms with Gasteiger partial charge in [0.15, 0.2) is 0 Å². The fourth-order valence-electron chi connectivity index (χ4n) is 3.08. The SMILES string of the molecule is CCCC(CCC)NC(C)c1cccc2ccccc12. The van der Waals surface area contributed by atoms with Crippen LogP contribution in [0.25, 0.3) is 10.8 Å². The van der Waals surface area contributed by atoms with Crippen molar-refractivity contribution in [1.82, 2.24) is 5.32 Å². The van der Waals surface area contributed by atoms with Crippen LogP contribution in [0, 0.1) is 0 Å². The summed E-state index contributed by atoms with van der Waals surface area (Å²) in [5.41, 5.74) is 1.42. The van der Waals surface area contributed by atoms with Crippen LogP contribution in [0.5, 0.6) is 0 Å². The Morgan fingerprint density at radius 3 is 2.25 bits per heavy atom. The summed E-state index contributed by atoms with van der Waals surface area (Å²) in [5.74, 6) is 0.